The minimum Gasteiger partial charge on any atom is -0.383 e. The summed E-state index contributed by atoms with van der Waals surface area (Å²) in [5, 5.41) is 9.03. The van der Waals surface area contributed by atoms with Crippen molar-refractivity contribution in [2.45, 2.75) is 51.1 Å². The van der Waals surface area contributed by atoms with Crippen LogP contribution in [0.3, 0.4) is 0 Å². The lowest BCUT2D eigenvalue weighted by Gasteiger charge is -2.36. The predicted octanol–water partition coefficient (Wildman–Crippen LogP) is 1.72. The highest BCUT2D eigenvalue weighted by Crippen LogP contribution is 2.33. The van der Waals surface area contributed by atoms with Crippen molar-refractivity contribution in [2.75, 3.05) is 46.4 Å². The summed E-state index contributed by atoms with van der Waals surface area (Å²) < 4.78 is 7.71. The van der Waals surface area contributed by atoms with Gasteiger partial charge >= 0.3 is 0 Å². The van der Waals surface area contributed by atoms with E-state index in [0.717, 1.165) is 38.6 Å². The van der Waals surface area contributed by atoms with Gasteiger partial charge in [-0.15, -0.1) is 5.10 Å². The summed E-state index contributed by atoms with van der Waals surface area (Å²) in [5.41, 5.74) is 2.53. The smallest absolute Gasteiger partial charge is 0.105 e. The van der Waals surface area contributed by atoms with Gasteiger partial charge in [0.05, 0.1) is 18.3 Å². The first-order chi connectivity index (χ1) is 11.8. The number of hydrogen-bond donors (Lipinski definition) is 0. The summed E-state index contributed by atoms with van der Waals surface area (Å²) in [7, 11) is 1.80. The maximum absolute atomic E-state index is 5.53. The summed E-state index contributed by atoms with van der Waals surface area (Å²) >= 11 is 0. The normalized spacial score (nSPS) is 25.8. The standard InChI is InChI=1S/C18H31N5O/c1-24-14-17-18-16(23(20-19-18)13-15-5-6-15)7-10-22(17)12-11-21-8-3-2-4-9-21/h15,17H,2-14H2,1H3/t17-/m1/s1. The SMILES string of the molecule is COC[C@@H]1c2nnn(CC3CC3)c2CCN1CCN1CCCCC1. The molecule has 0 unspecified atom stereocenters. The van der Waals surface area contributed by atoms with Crippen molar-refractivity contribution in [2.24, 2.45) is 5.92 Å². The van der Waals surface area contributed by atoms with Crippen LogP contribution in [0, 0.1) is 5.92 Å². The van der Waals surface area contributed by atoms with E-state index >= 15 is 0 Å². The Morgan fingerprint density at radius 1 is 1.08 bits per heavy atom. The molecule has 1 aromatic heterocycles. The van der Waals surface area contributed by atoms with Crippen molar-refractivity contribution in [1.29, 1.82) is 0 Å². The Hall–Kier alpha value is -0.980. The number of ether oxygens (including phenoxy) is 1. The molecule has 6 heteroatoms. The van der Waals surface area contributed by atoms with Gasteiger partial charge < -0.3 is 9.64 Å². The van der Waals surface area contributed by atoms with Gasteiger partial charge in [-0.1, -0.05) is 11.6 Å². The van der Waals surface area contributed by atoms with Gasteiger partial charge in [-0.2, -0.15) is 0 Å². The number of fused-ring (bicyclic) bond motifs is 1. The Labute approximate surface area is 145 Å². The fourth-order valence-electron chi connectivity index (χ4n) is 4.19. The molecule has 0 spiro atoms. The second-order valence-corrected chi connectivity index (χ2v) is 7.71. The molecule has 0 N–H and O–H groups in total. The van der Waals surface area contributed by atoms with Crippen LogP contribution in [0.2, 0.25) is 0 Å². The molecule has 0 aromatic carbocycles. The van der Waals surface area contributed by atoms with Crippen LogP contribution >= 0.6 is 0 Å². The largest absolute Gasteiger partial charge is 0.383 e. The molecular formula is C18H31N5O. The zero-order valence-electron chi connectivity index (χ0n) is 15.0. The molecule has 1 atom stereocenters. The van der Waals surface area contributed by atoms with E-state index in [9.17, 15) is 0 Å². The average Bonchev–Trinajstić information content (AvgIpc) is 3.34. The molecule has 1 saturated heterocycles. The van der Waals surface area contributed by atoms with Crippen molar-refractivity contribution in [3.63, 3.8) is 0 Å². The topological polar surface area (TPSA) is 46.4 Å². The maximum atomic E-state index is 5.53. The third-order valence-corrected chi connectivity index (χ3v) is 5.86. The molecule has 3 aliphatic rings. The molecule has 1 aromatic rings. The first kappa shape index (κ1) is 16.5. The molecule has 0 amide bonds. The van der Waals surface area contributed by atoms with Crippen molar-refractivity contribution in [3.8, 4) is 0 Å². The van der Waals surface area contributed by atoms with Crippen molar-refractivity contribution in [1.82, 2.24) is 24.8 Å². The van der Waals surface area contributed by atoms with Gasteiger partial charge in [0.25, 0.3) is 0 Å². The van der Waals surface area contributed by atoms with Crippen molar-refractivity contribution in [3.05, 3.63) is 11.4 Å². The lowest BCUT2D eigenvalue weighted by molar-refractivity contribution is 0.0694. The van der Waals surface area contributed by atoms with Gasteiger partial charge in [-0.25, -0.2) is 4.68 Å². The third-order valence-electron chi connectivity index (χ3n) is 5.86. The fourth-order valence-corrected chi connectivity index (χ4v) is 4.19. The lowest BCUT2D eigenvalue weighted by atomic mass is 10.0. The van der Waals surface area contributed by atoms with E-state index in [2.05, 4.69) is 24.8 Å². The molecule has 0 radical (unpaired) electrons. The van der Waals surface area contributed by atoms with Gasteiger partial charge in [0.1, 0.15) is 5.69 Å². The Bertz CT molecular complexity index is 536. The lowest BCUT2D eigenvalue weighted by Crippen LogP contribution is -2.43. The van der Waals surface area contributed by atoms with Crippen molar-refractivity contribution < 1.29 is 4.74 Å². The van der Waals surface area contributed by atoms with Crippen molar-refractivity contribution >= 4 is 0 Å². The highest BCUT2D eigenvalue weighted by Gasteiger charge is 2.33. The highest BCUT2D eigenvalue weighted by atomic mass is 16.5. The van der Waals surface area contributed by atoms with Crippen LogP contribution in [0.1, 0.15) is 49.5 Å². The van der Waals surface area contributed by atoms with E-state index in [4.69, 9.17) is 4.74 Å². The van der Waals surface area contributed by atoms with Crippen LogP contribution < -0.4 is 0 Å². The first-order valence-corrected chi connectivity index (χ1v) is 9.72. The summed E-state index contributed by atoms with van der Waals surface area (Å²) in [6.45, 7) is 7.71. The molecule has 2 fully saturated rings. The molecule has 2 aliphatic heterocycles. The summed E-state index contributed by atoms with van der Waals surface area (Å²) in [5.74, 6) is 0.841. The number of aromatic nitrogens is 3. The Kier molecular flexibility index (Phi) is 5.15. The monoisotopic (exact) mass is 333 g/mol. The zero-order chi connectivity index (χ0) is 16.4. The number of likely N-dealkylation sites (tertiary alicyclic amines) is 1. The van der Waals surface area contributed by atoms with Gasteiger partial charge in [-0.3, -0.25) is 4.90 Å². The second-order valence-electron chi connectivity index (χ2n) is 7.71. The Balaban J connectivity index is 1.42. The van der Waals surface area contributed by atoms with E-state index in [1.807, 2.05) is 0 Å². The first-order valence-electron chi connectivity index (χ1n) is 9.72. The number of piperidine rings is 1. The number of nitrogens with zero attached hydrogens (tertiary/aromatic N) is 5. The Morgan fingerprint density at radius 3 is 2.67 bits per heavy atom. The second kappa shape index (κ2) is 7.50. The van der Waals surface area contributed by atoms with E-state index < -0.39 is 0 Å². The molecule has 3 heterocycles. The summed E-state index contributed by atoms with van der Waals surface area (Å²) in [6.07, 6.45) is 7.92. The average molecular weight is 333 g/mol. The van der Waals surface area contributed by atoms with Crippen LogP contribution in [-0.2, 0) is 17.7 Å². The number of rotatable bonds is 7. The number of hydrogen-bond acceptors (Lipinski definition) is 5. The van der Waals surface area contributed by atoms with Gasteiger partial charge in [-0.05, 0) is 44.7 Å². The van der Waals surface area contributed by atoms with Crippen LogP contribution in [-0.4, -0.2) is 71.2 Å². The predicted molar refractivity (Wildman–Crippen MR) is 92.9 cm³/mol. The molecule has 1 aliphatic carbocycles. The fraction of sp³-hybridized carbons (Fsp3) is 0.889. The zero-order valence-corrected chi connectivity index (χ0v) is 15.0. The van der Waals surface area contributed by atoms with Crippen LogP contribution in [0.4, 0.5) is 0 Å². The minimum atomic E-state index is 0.275. The summed E-state index contributed by atoms with van der Waals surface area (Å²) in [6, 6.07) is 0.275. The third kappa shape index (κ3) is 3.65. The van der Waals surface area contributed by atoms with Crippen LogP contribution in [0.15, 0.2) is 0 Å². The highest BCUT2D eigenvalue weighted by molar-refractivity contribution is 5.19. The molecule has 134 valence electrons. The van der Waals surface area contributed by atoms with E-state index in [0.29, 0.717) is 0 Å². The quantitative estimate of drug-likeness (QED) is 0.760. The molecule has 0 bridgehead atoms. The maximum Gasteiger partial charge on any atom is 0.105 e. The van der Waals surface area contributed by atoms with E-state index in [1.54, 1.807) is 7.11 Å². The van der Waals surface area contributed by atoms with Crippen LogP contribution in [0.5, 0.6) is 0 Å². The minimum absolute atomic E-state index is 0.275. The van der Waals surface area contributed by atoms with Crippen LogP contribution in [0.25, 0.3) is 0 Å². The Morgan fingerprint density at radius 2 is 1.92 bits per heavy atom. The molecule has 6 nitrogen and oxygen atoms in total. The molecular weight excluding hydrogens is 302 g/mol. The van der Waals surface area contributed by atoms with Gasteiger partial charge in [0.15, 0.2) is 0 Å². The molecule has 24 heavy (non-hydrogen) atoms. The molecule has 1 saturated carbocycles. The van der Waals surface area contributed by atoms with Gasteiger partial charge in [0, 0.05) is 39.7 Å². The molecule has 4 rings (SSSR count). The van der Waals surface area contributed by atoms with E-state index in [-0.39, 0.29) is 6.04 Å². The number of methoxy groups -OCH3 is 1. The van der Waals surface area contributed by atoms with Gasteiger partial charge in [0.2, 0.25) is 0 Å². The van der Waals surface area contributed by atoms with E-state index in [1.165, 1.54) is 63.1 Å². The summed E-state index contributed by atoms with van der Waals surface area (Å²) in [4.78, 5) is 5.18.